The van der Waals surface area contributed by atoms with Crippen LogP contribution in [-0.2, 0) is 0 Å². The van der Waals surface area contributed by atoms with Crippen molar-refractivity contribution in [2.75, 3.05) is 5.32 Å². The lowest BCUT2D eigenvalue weighted by atomic mass is 10.1. The molecule has 0 spiro atoms. The first-order chi connectivity index (χ1) is 7.06. The summed E-state index contributed by atoms with van der Waals surface area (Å²) in [4.78, 5) is 11.1. The molecule has 82 valence electrons. The van der Waals surface area contributed by atoms with Gasteiger partial charge in [-0.15, -0.1) is 0 Å². The Morgan fingerprint density at radius 1 is 1.53 bits per heavy atom. The van der Waals surface area contributed by atoms with Crippen molar-refractivity contribution >= 4 is 11.7 Å². The van der Waals surface area contributed by atoms with E-state index in [0.717, 1.165) is 12.0 Å². The Hall–Kier alpha value is -1.51. The fourth-order valence-electron chi connectivity index (χ4n) is 1.44. The van der Waals surface area contributed by atoms with Crippen LogP contribution in [0.2, 0.25) is 0 Å². The zero-order valence-electron chi connectivity index (χ0n) is 9.37. The number of benzene rings is 1. The van der Waals surface area contributed by atoms with E-state index in [9.17, 15) is 4.79 Å². The molecule has 2 N–H and O–H groups in total. The van der Waals surface area contributed by atoms with Gasteiger partial charge in [-0.3, -0.25) is 0 Å². The molecule has 0 aliphatic carbocycles. The summed E-state index contributed by atoms with van der Waals surface area (Å²) in [5.74, 6) is -0.876. The maximum absolute atomic E-state index is 11.1. The van der Waals surface area contributed by atoms with Gasteiger partial charge in [0.15, 0.2) is 0 Å². The maximum atomic E-state index is 11.1. The topological polar surface area (TPSA) is 49.3 Å². The van der Waals surface area contributed by atoms with Crippen molar-refractivity contribution in [3.8, 4) is 0 Å². The van der Waals surface area contributed by atoms with Gasteiger partial charge >= 0.3 is 5.97 Å². The van der Waals surface area contributed by atoms with Gasteiger partial charge in [0.1, 0.15) is 0 Å². The van der Waals surface area contributed by atoms with Crippen LogP contribution in [-0.4, -0.2) is 17.1 Å². The molecule has 15 heavy (non-hydrogen) atoms. The van der Waals surface area contributed by atoms with E-state index in [-0.39, 0.29) is 6.04 Å². The second-order valence-corrected chi connectivity index (χ2v) is 3.76. The van der Waals surface area contributed by atoms with Gasteiger partial charge < -0.3 is 10.4 Å². The average Bonchev–Trinajstić information content (AvgIpc) is 2.17. The van der Waals surface area contributed by atoms with Crippen molar-refractivity contribution < 1.29 is 9.90 Å². The van der Waals surface area contributed by atoms with Crippen LogP contribution >= 0.6 is 0 Å². The summed E-state index contributed by atoms with van der Waals surface area (Å²) >= 11 is 0. The summed E-state index contributed by atoms with van der Waals surface area (Å²) in [6.45, 7) is 5.91. The van der Waals surface area contributed by atoms with Crippen LogP contribution in [0.15, 0.2) is 18.2 Å². The molecule has 0 saturated carbocycles. The minimum absolute atomic E-state index is 0.282. The first-order valence-electron chi connectivity index (χ1n) is 5.15. The van der Waals surface area contributed by atoms with E-state index in [0.29, 0.717) is 11.3 Å². The number of hydrogen-bond acceptors (Lipinski definition) is 2. The molecule has 1 unspecified atom stereocenters. The summed E-state index contributed by atoms with van der Waals surface area (Å²) in [5, 5.41) is 12.3. The van der Waals surface area contributed by atoms with Crippen LogP contribution in [0.25, 0.3) is 0 Å². The molecule has 3 nitrogen and oxygen atoms in total. The molecular weight excluding hydrogens is 190 g/mol. The summed E-state index contributed by atoms with van der Waals surface area (Å²) in [5.41, 5.74) is 1.87. The monoisotopic (exact) mass is 207 g/mol. The SMILES string of the molecule is CCC(C)Nc1cccc(C)c1C(=O)O. The summed E-state index contributed by atoms with van der Waals surface area (Å²) in [6.07, 6.45) is 0.965. The number of rotatable bonds is 4. The first kappa shape index (κ1) is 11.6. The Bertz CT molecular complexity index is 361. The Morgan fingerprint density at radius 2 is 2.20 bits per heavy atom. The van der Waals surface area contributed by atoms with E-state index < -0.39 is 5.97 Å². The zero-order chi connectivity index (χ0) is 11.4. The summed E-state index contributed by atoms with van der Waals surface area (Å²) in [6, 6.07) is 5.77. The predicted molar refractivity (Wildman–Crippen MR) is 61.5 cm³/mol. The highest BCUT2D eigenvalue weighted by Gasteiger charge is 2.13. The molecule has 3 heteroatoms. The fraction of sp³-hybridized carbons (Fsp3) is 0.417. The number of carbonyl (C=O) groups is 1. The van der Waals surface area contributed by atoms with Crippen LogP contribution < -0.4 is 5.32 Å². The van der Waals surface area contributed by atoms with E-state index in [1.54, 1.807) is 0 Å². The third kappa shape index (κ3) is 2.72. The first-order valence-corrected chi connectivity index (χ1v) is 5.15. The average molecular weight is 207 g/mol. The van der Waals surface area contributed by atoms with Crippen molar-refractivity contribution in [2.24, 2.45) is 0 Å². The zero-order valence-corrected chi connectivity index (χ0v) is 9.37. The minimum atomic E-state index is -0.876. The quantitative estimate of drug-likeness (QED) is 0.798. The third-order valence-electron chi connectivity index (χ3n) is 2.50. The fourth-order valence-corrected chi connectivity index (χ4v) is 1.44. The van der Waals surface area contributed by atoms with Gasteiger partial charge in [0, 0.05) is 11.7 Å². The Kier molecular flexibility index (Phi) is 3.72. The lowest BCUT2D eigenvalue weighted by molar-refractivity contribution is 0.0697. The summed E-state index contributed by atoms with van der Waals surface area (Å²) < 4.78 is 0. The second kappa shape index (κ2) is 4.82. The largest absolute Gasteiger partial charge is 0.478 e. The Morgan fingerprint density at radius 3 is 2.73 bits per heavy atom. The molecule has 0 radical (unpaired) electrons. The number of hydrogen-bond donors (Lipinski definition) is 2. The van der Waals surface area contributed by atoms with Gasteiger partial charge in [0.25, 0.3) is 0 Å². The highest BCUT2D eigenvalue weighted by molar-refractivity contribution is 5.95. The number of aryl methyl sites for hydroxylation is 1. The molecule has 0 amide bonds. The molecule has 1 atom stereocenters. The molecule has 0 fully saturated rings. The highest BCUT2D eigenvalue weighted by atomic mass is 16.4. The smallest absolute Gasteiger partial charge is 0.338 e. The molecule has 0 aliphatic rings. The van der Waals surface area contributed by atoms with Gasteiger partial charge in [-0.25, -0.2) is 4.79 Å². The van der Waals surface area contributed by atoms with Crippen molar-refractivity contribution in [1.82, 2.24) is 0 Å². The normalized spacial score (nSPS) is 12.2. The number of anilines is 1. The van der Waals surface area contributed by atoms with E-state index in [2.05, 4.69) is 12.2 Å². The third-order valence-corrected chi connectivity index (χ3v) is 2.50. The van der Waals surface area contributed by atoms with E-state index in [1.165, 1.54) is 0 Å². The molecule has 0 bridgehead atoms. The maximum Gasteiger partial charge on any atom is 0.338 e. The van der Waals surface area contributed by atoms with Crippen LogP contribution in [0, 0.1) is 6.92 Å². The van der Waals surface area contributed by atoms with Crippen molar-refractivity contribution in [3.05, 3.63) is 29.3 Å². The van der Waals surface area contributed by atoms with E-state index in [4.69, 9.17) is 5.11 Å². The van der Waals surface area contributed by atoms with Crippen molar-refractivity contribution in [2.45, 2.75) is 33.2 Å². The highest BCUT2D eigenvalue weighted by Crippen LogP contribution is 2.20. The number of nitrogens with one attached hydrogen (secondary N) is 1. The van der Waals surface area contributed by atoms with Gasteiger partial charge in [0.2, 0.25) is 0 Å². The minimum Gasteiger partial charge on any atom is -0.478 e. The molecule has 1 aromatic carbocycles. The Labute approximate surface area is 90.1 Å². The number of carboxylic acids is 1. The Balaban J connectivity index is 3.06. The molecular formula is C12H17NO2. The lowest BCUT2D eigenvalue weighted by Crippen LogP contribution is -2.16. The van der Waals surface area contributed by atoms with Crippen LogP contribution in [0.4, 0.5) is 5.69 Å². The van der Waals surface area contributed by atoms with Gasteiger partial charge in [-0.1, -0.05) is 19.1 Å². The van der Waals surface area contributed by atoms with Crippen molar-refractivity contribution in [3.63, 3.8) is 0 Å². The van der Waals surface area contributed by atoms with Gasteiger partial charge in [0.05, 0.1) is 5.56 Å². The van der Waals surface area contributed by atoms with Crippen molar-refractivity contribution in [1.29, 1.82) is 0 Å². The predicted octanol–water partition coefficient (Wildman–Crippen LogP) is 2.90. The molecule has 0 aromatic heterocycles. The van der Waals surface area contributed by atoms with Gasteiger partial charge in [-0.05, 0) is 31.9 Å². The molecule has 0 heterocycles. The van der Waals surface area contributed by atoms with E-state index >= 15 is 0 Å². The summed E-state index contributed by atoms with van der Waals surface area (Å²) in [7, 11) is 0. The molecule has 0 saturated heterocycles. The van der Waals surface area contributed by atoms with Crippen LogP contribution in [0.1, 0.15) is 36.2 Å². The van der Waals surface area contributed by atoms with Gasteiger partial charge in [-0.2, -0.15) is 0 Å². The van der Waals surface area contributed by atoms with E-state index in [1.807, 2.05) is 32.0 Å². The number of aromatic carboxylic acids is 1. The molecule has 0 aliphatic heterocycles. The molecule has 1 rings (SSSR count). The standard InChI is InChI=1S/C12H17NO2/c1-4-9(3)13-10-7-5-6-8(2)11(10)12(14)15/h5-7,9,13H,4H2,1-3H3,(H,14,15). The number of carboxylic acid groups (broad SMARTS) is 1. The molecule has 1 aromatic rings. The van der Waals surface area contributed by atoms with Crippen LogP contribution in [0.5, 0.6) is 0 Å². The lowest BCUT2D eigenvalue weighted by Gasteiger charge is -2.16. The second-order valence-electron chi connectivity index (χ2n) is 3.76. The van der Waals surface area contributed by atoms with Crippen LogP contribution in [0.3, 0.4) is 0 Å².